The van der Waals surface area contributed by atoms with Crippen molar-refractivity contribution in [3.63, 3.8) is 0 Å². The predicted molar refractivity (Wildman–Crippen MR) is 115 cm³/mol. The Balaban J connectivity index is 1.59. The Bertz CT molecular complexity index is 1050. The molecule has 10 heteroatoms. The third-order valence-electron chi connectivity index (χ3n) is 4.68. The third-order valence-corrected chi connectivity index (χ3v) is 6.14. The molecule has 0 aliphatic carbocycles. The molecule has 0 fully saturated rings. The summed E-state index contributed by atoms with van der Waals surface area (Å²) >= 11 is 0. The van der Waals surface area contributed by atoms with Crippen LogP contribution in [0.1, 0.15) is 18.4 Å². The van der Waals surface area contributed by atoms with E-state index in [4.69, 9.17) is 18.9 Å². The van der Waals surface area contributed by atoms with E-state index >= 15 is 0 Å². The molecule has 0 unspecified atom stereocenters. The molecule has 0 radical (unpaired) electrons. The second-order valence-corrected chi connectivity index (χ2v) is 8.64. The summed E-state index contributed by atoms with van der Waals surface area (Å²) in [6.45, 7) is 2.74. The number of sulfonamides is 1. The molecule has 0 saturated carbocycles. The molecule has 1 amide bonds. The standard InChI is InChI=1S/C21H26N2O7S/c1-14-11-18(27-2)19(28-3)13-16(14)23-21(24)7-8-22-31(25,26)15-5-6-17-20(12-15)30-10-4-9-29-17/h5-6,11-13,22H,4,7-10H2,1-3H3,(H,23,24). The van der Waals surface area contributed by atoms with Gasteiger partial charge in [0.25, 0.3) is 0 Å². The number of hydrogen-bond donors (Lipinski definition) is 2. The molecular formula is C21H26N2O7S. The highest BCUT2D eigenvalue weighted by atomic mass is 32.2. The molecule has 1 heterocycles. The number of carbonyl (C=O) groups excluding carboxylic acids is 1. The van der Waals surface area contributed by atoms with Crippen LogP contribution in [0, 0.1) is 6.92 Å². The number of fused-ring (bicyclic) bond motifs is 1. The van der Waals surface area contributed by atoms with Gasteiger partial charge >= 0.3 is 0 Å². The largest absolute Gasteiger partial charge is 0.493 e. The lowest BCUT2D eigenvalue weighted by atomic mass is 10.1. The lowest BCUT2D eigenvalue weighted by Crippen LogP contribution is -2.28. The normalized spacial score (nSPS) is 13.3. The highest BCUT2D eigenvalue weighted by Gasteiger charge is 2.19. The monoisotopic (exact) mass is 450 g/mol. The molecular weight excluding hydrogens is 424 g/mol. The van der Waals surface area contributed by atoms with Crippen LogP contribution in [0.3, 0.4) is 0 Å². The lowest BCUT2D eigenvalue weighted by Gasteiger charge is -2.14. The van der Waals surface area contributed by atoms with Crippen molar-refractivity contribution in [3.05, 3.63) is 35.9 Å². The van der Waals surface area contributed by atoms with E-state index < -0.39 is 10.0 Å². The minimum Gasteiger partial charge on any atom is -0.493 e. The van der Waals surface area contributed by atoms with E-state index in [9.17, 15) is 13.2 Å². The summed E-state index contributed by atoms with van der Waals surface area (Å²) in [5, 5.41) is 2.76. The van der Waals surface area contributed by atoms with Gasteiger partial charge < -0.3 is 24.3 Å². The van der Waals surface area contributed by atoms with Crippen molar-refractivity contribution in [1.82, 2.24) is 4.72 Å². The van der Waals surface area contributed by atoms with Crippen LogP contribution in [-0.4, -0.2) is 48.3 Å². The molecule has 2 aromatic rings. The Morgan fingerprint density at radius 2 is 1.71 bits per heavy atom. The minimum absolute atomic E-state index is 0.0441. The first kappa shape index (κ1) is 22.7. The number of benzene rings is 2. The van der Waals surface area contributed by atoms with Crippen LogP contribution in [0.5, 0.6) is 23.0 Å². The molecule has 0 atom stereocenters. The molecule has 2 aromatic carbocycles. The second-order valence-electron chi connectivity index (χ2n) is 6.88. The van der Waals surface area contributed by atoms with Crippen molar-refractivity contribution < 1.29 is 32.2 Å². The summed E-state index contributed by atoms with van der Waals surface area (Å²) in [5.74, 6) is 1.61. The first-order valence-corrected chi connectivity index (χ1v) is 11.2. The molecule has 3 rings (SSSR count). The van der Waals surface area contributed by atoms with Gasteiger partial charge in [-0.15, -0.1) is 0 Å². The fourth-order valence-corrected chi connectivity index (χ4v) is 4.07. The fraction of sp³-hybridized carbons (Fsp3) is 0.381. The average Bonchev–Trinajstić information content (AvgIpc) is 2.99. The van der Waals surface area contributed by atoms with Gasteiger partial charge in [-0.2, -0.15) is 0 Å². The van der Waals surface area contributed by atoms with Gasteiger partial charge in [0.1, 0.15) is 0 Å². The number of amides is 1. The molecule has 0 bridgehead atoms. The van der Waals surface area contributed by atoms with Crippen molar-refractivity contribution in [1.29, 1.82) is 0 Å². The first-order valence-electron chi connectivity index (χ1n) is 9.76. The Morgan fingerprint density at radius 3 is 2.42 bits per heavy atom. The van der Waals surface area contributed by atoms with Crippen LogP contribution < -0.4 is 29.0 Å². The summed E-state index contributed by atoms with van der Waals surface area (Å²) < 4.78 is 49.1. The zero-order valence-corrected chi connectivity index (χ0v) is 18.5. The number of methoxy groups -OCH3 is 2. The average molecular weight is 451 g/mol. The Morgan fingerprint density at radius 1 is 1.03 bits per heavy atom. The van der Waals surface area contributed by atoms with Crippen LogP contribution >= 0.6 is 0 Å². The van der Waals surface area contributed by atoms with Crippen molar-refractivity contribution in [2.75, 3.05) is 39.3 Å². The van der Waals surface area contributed by atoms with Crippen LogP contribution in [0.25, 0.3) is 0 Å². The van der Waals surface area contributed by atoms with Gasteiger partial charge in [-0.1, -0.05) is 0 Å². The number of rotatable bonds is 8. The van der Waals surface area contributed by atoms with Crippen LogP contribution in [0.15, 0.2) is 35.2 Å². The molecule has 168 valence electrons. The lowest BCUT2D eigenvalue weighted by molar-refractivity contribution is -0.116. The molecule has 0 spiro atoms. The number of carbonyl (C=O) groups is 1. The van der Waals surface area contributed by atoms with Gasteiger partial charge in [0, 0.05) is 37.2 Å². The smallest absolute Gasteiger partial charge is 0.240 e. The molecule has 9 nitrogen and oxygen atoms in total. The summed E-state index contributed by atoms with van der Waals surface area (Å²) in [4.78, 5) is 12.4. The van der Waals surface area contributed by atoms with Crippen molar-refractivity contribution >= 4 is 21.6 Å². The number of hydrogen-bond acceptors (Lipinski definition) is 7. The van der Waals surface area contributed by atoms with E-state index in [2.05, 4.69) is 10.0 Å². The summed E-state index contributed by atoms with van der Waals surface area (Å²) in [5.41, 5.74) is 1.35. The van der Waals surface area contributed by atoms with Gasteiger partial charge in [-0.3, -0.25) is 4.79 Å². The fourth-order valence-electron chi connectivity index (χ4n) is 3.02. The van der Waals surface area contributed by atoms with Gasteiger partial charge in [-0.05, 0) is 30.7 Å². The van der Waals surface area contributed by atoms with E-state index in [1.165, 1.54) is 26.4 Å². The highest BCUT2D eigenvalue weighted by Crippen LogP contribution is 2.33. The topological polar surface area (TPSA) is 112 Å². The number of anilines is 1. The molecule has 1 aliphatic rings. The van der Waals surface area contributed by atoms with Crippen LogP contribution in [0.2, 0.25) is 0 Å². The number of nitrogens with one attached hydrogen (secondary N) is 2. The molecule has 0 saturated heterocycles. The predicted octanol–water partition coefficient (Wildman–Crippen LogP) is 2.48. The van der Waals surface area contributed by atoms with Gasteiger partial charge in [0.05, 0.1) is 32.3 Å². The van der Waals surface area contributed by atoms with E-state index in [0.717, 1.165) is 12.0 Å². The first-order chi connectivity index (χ1) is 14.8. The SMILES string of the molecule is COc1cc(C)c(NC(=O)CCNS(=O)(=O)c2ccc3c(c2)OCCCO3)cc1OC. The van der Waals surface area contributed by atoms with E-state index in [1.807, 2.05) is 6.92 Å². The van der Waals surface area contributed by atoms with Gasteiger partial charge in [-0.25, -0.2) is 13.1 Å². The molecule has 31 heavy (non-hydrogen) atoms. The summed E-state index contributed by atoms with van der Waals surface area (Å²) in [6, 6.07) is 7.86. The van der Waals surface area contributed by atoms with Crippen LogP contribution in [-0.2, 0) is 14.8 Å². The molecule has 1 aliphatic heterocycles. The van der Waals surface area contributed by atoms with Crippen molar-refractivity contribution in [3.8, 4) is 23.0 Å². The van der Waals surface area contributed by atoms with E-state index in [1.54, 1.807) is 18.2 Å². The zero-order chi connectivity index (χ0) is 22.4. The number of aryl methyl sites for hydroxylation is 1. The van der Waals surface area contributed by atoms with Gasteiger partial charge in [0.15, 0.2) is 23.0 Å². The second kappa shape index (κ2) is 9.88. The Labute approximate surface area is 181 Å². The maximum atomic E-state index is 12.6. The zero-order valence-electron chi connectivity index (χ0n) is 17.7. The van der Waals surface area contributed by atoms with Crippen molar-refractivity contribution in [2.24, 2.45) is 0 Å². The quantitative estimate of drug-likeness (QED) is 0.635. The van der Waals surface area contributed by atoms with E-state index in [-0.39, 0.29) is 23.8 Å². The maximum Gasteiger partial charge on any atom is 0.240 e. The van der Waals surface area contributed by atoms with Crippen LogP contribution in [0.4, 0.5) is 5.69 Å². The van der Waals surface area contributed by atoms with E-state index in [0.29, 0.717) is 41.9 Å². The van der Waals surface area contributed by atoms with Gasteiger partial charge in [0.2, 0.25) is 15.9 Å². The Kier molecular flexibility index (Phi) is 7.24. The molecule has 2 N–H and O–H groups in total. The number of ether oxygens (including phenoxy) is 4. The summed E-state index contributed by atoms with van der Waals surface area (Å²) in [6.07, 6.45) is 0.682. The minimum atomic E-state index is -3.80. The Hall–Kier alpha value is -2.98. The van der Waals surface area contributed by atoms with Crippen molar-refractivity contribution in [2.45, 2.75) is 24.7 Å². The summed E-state index contributed by atoms with van der Waals surface area (Å²) in [7, 11) is -0.764. The molecule has 0 aromatic heterocycles. The maximum absolute atomic E-state index is 12.6. The highest BCUT2D eigenvalue weighted by molar-refractivity contribution is 7.89. The third kappa shape index (κ3) is 5.59.